The summed E-state index contributed by atoms with van der Waals surface area (Å²) in [5.41, 5.74) is 5.64. The number of aromatic nitrogens is 2. The topological polar surface area (TPSA) is 60.1 Å². The van der Waals surface area contributed by atoms with Crippen molar-refractivity contribution >= 4 is 5.91 Å². The molecule has 0 atom stereocenters. The fourth-order valence-corrected chi connectivity index (χ4v) is 5.31. The number of furan rings is 1. The van der Waals surface area contributed by atoms with Crippen LogP contribution in [0.25, 0.3) is 22.7 Å². The molecule has 178 valence electrons. The minimum absolute atomic E-state index is 0.150. The highest BCUT2D eigenvalue weighted by Gasteiger charge is 2.25. The highest BCUT2D eigenvalue weighted by Crippen LogP contribution is 2.38. The number of hydrogen-bond donors (Lipinski definition) is 1. The first-order valence-corrected chi connectivity index (χ1v) is 12.9. The van der Waals surface area contributed by atoms with Crippen LogP contribution < -0.4 is 5.32 Å². The molecule has 5 heteroatoms. The van der Waals surface area contributed by atoms with Gasteiger partial charge in [-0.1, -0.05) is 60.7 Å². The highest BCUT2D eigenvalue weighted by molar-refractivity contribution is 5.92. The normalized spacial score (nSPS) is 16.9. The van der Waals surface area contributed by atoms with Crippen LogP contribution in [0.15, 0.2) is 58.8 Å². The standard InChI is InChI=1S/C29H35N3O2/c1-21-12-14-23(15-13-21)27-28(32(20-31-27)24-10-6-3-7-11-24)25-16-17-26(34-25)29(33)30-19-18-22-8-4-2-5-9-22/h8,12-17,20,24H,2-7,9-11,18-19H2,1H3,(H,30,33). The molecule has 3 aromatic rings. The van der Waals surface area contributed by atoms with E-state index < -0.39 is 0 Å². The summed E-state index contributed by atoms with van der Waals surface area (Å²) in [5.74, 6) is 0.918. The fourth-order valence-electron chi connectivity index (χ4n) is 5.31. The quantitative estimate of drug-likeness (QED) is 0.380. The van der Waals surface area contributed by atoms with E-state index in [9.17, 15) is 4.79 Å². The van der Waals surface area contributed by atoms with Gasteiger partial charge >= 0.3 is 0 Å². The SMILES string of the molecule is Cc1ccc(-c2ncn(C3CCCCC3)c2-c2ccc(C(=O)NCCC3=CCCCC3)o2)cc1. The zero-order valence-electron chi connectivity index (χ0n) is 20.2. The first-order valence-electron chi connectivity index (χ1n) is 12.9. The van der Waals surface area contributed by atoms with Crippen LogP contribution in [-0.2, 0) is 0 Å². The summed E-state index contributed by atoms with van der Waals surface area (Å²) in [7, 11) is 0. The average molecular weight is 458 g/mol. The predicted octanol–water partition coefficient (Wildman–Crippen LogP) is 7.24. The van der Waals surface area contributed by atoms with Crippen molar-refractivity contribution in [2.24, 2.45) is 0 Å². The molecule has 34 heavy (non-hydrogen) atoms. The van der Waals surface area contributed by atoms with Gasteiger partial charge < -0.3 is 14.3 Å². The fraction of sp³-hybridized carbons (Fsp3) is 0.448. The zero-order chi connectivity index (χ0) is 23.3. The number of nitrogens with one attached hydrogen (secondary N) is 1. The van der Waals surface area contributed by atoms with Gasteiger partial charge in [-0.05, 0) is 64.0 Å². The van der Waals surface area contributed by atoms with Crippen LogP contribution in [0.3, 0.4) is 0 Å². The smallest absolute Gasteiger partial charge is 0.287 e. The van der Waals surface area contributed by atoms with Crippen LogP contribution in [0.1, 0.15) is 86.4 Å². The van der Waals surface area contributed by atoms with Crippen LogP contribution >= 0.6 is 0 Å². The van der Waals surface area contributed by atoms with Gasteiger partial charge in [0.15, 0.2) is 11.5 Å². The second kappa shape index (κ2) is 10.5. The van der Waals surface area contributed by atoms with Gasteiger partial charge in [-0.2, -0.15) is 0 Å². The maximum Gasteiger partial charge on any atom is 0.287 e. The van der Waals surface area contributed by atoms with E-state index in [1.165, 1.54) is 49.7 Å². The number of nitrogens with zero attached hydrogens (tertiary/aromatic N) is 2. The summed E-state index contributed by atoms with van der Waals surface area (Å²) in [4.78, 5) is 17.6. The monoisotopic (exact) mass is 457 g/mol. The van der Waals surface area contributed by atoms with Crippen molar-refractivity contribution in [2.45, 2.75) is 77.2 Å². The Bertz CT molecular complexity index is 1150. The number of imidazole rings is 1. The molecule has 0 radical (unpaired) electrons. The molecule has 1 saturated carbocycles. The maximum atomic E-state index is 12.8. The zero-order valence-corrected chi connectivity index (χ0v) is 20.2. The Morgan fingerprint density at radius 3 is 2.65 bits per heavy atom. The van der Waals surface area contributed by atoms with Crippen molar-refractivity contribution < 1.29 is 9.21 Å². The summed E-state index contributed by atoms with van der Waals surface area (Å²) in [6.45, 7) is 2.74. The van der Waals surface area contributed by atoms with E-state index in [-0.39, 0.29) is 5.91 Å². The largest absolute Gasteiger partial charge is 0.449 e. The van der Waals surface area contributed by atoms with Gasteiger partial charge in [0.2, 0.25) is 0 Å². The number of benzene rings is 1. The van der Waals surface area contributed by atoms with E-state index in [2.05, 4.69) is 47.1 Å². The van der Waals surface area contributed by atoms with Gasteiger partial charge in [0.05, 0.1) is 12.0 Å². The Hall–Kier alpha value is -3.08. The molecule has 1 fully saturated rings. The van der Waals surface area contributed by atoms with Gasteiger partial charge in [0.25, 0.3) is 5.91 Å². The van der Waals surface area contributed by atoms with Crippen molar-refractivity contribution in [2.75, 3.05) is 6.54 Å². The lowest BCUT2D eigenvalue weighted by molar-refractivity contribution is 0.0927. The van der Waals surface area contributed by atoms with Gasteiger partial charge in [-0.3, -0.25) is 4.79 Å². The Kier molecular flexibility index (Phi) is 6.98. The third-order valence-electron chi connectivity index (χ3n) is 7.27. The summed E-state index contributed by atoms with van der Waals surface area (Å²) >= 11 is 0. The van der Waals surface area contributed by atoms with Gasteiger partial charge in [-0.15, -0.1) is 0 Å². The predicted molar refractivity (Wildman–Crippen MR) is 136 cm³/mol. The lowest BCUT2D eigenvalue weighted by Gasteiger charge is -2.24. The molecule has 2 heterocycles. The van der Waals surface area contributed by atoms with E-state index in [1.54, 1.807) is 6.07 Å². The van der Waals surface area contributed by atoms with Crippen molar-refractivity contribution in [3.8, 4) is 22.7 Å². The van der Waals surface area contributed by atoms with Crippen LogP contribution in [-0.4, -0.2) is 22.0 Å². The Morgan fingerprint density at radius 2 is 1.88 bits per heavy atom. The van der Waals surface area contributed by atoms with Gasteiger partial charge in [0, 0.05) is 18.2 Å². The number of carbonyl (C=O) groups excluding carboxylic acids is 1. The molecule has 5 nitrogen and oxygen atoms in total. The Morgan fingerprint density at radius 1 is 1.06 bits per heavy atom. The van der Waals surface area contributed by atoms with Crippen molar-refractivity contribution in [3.05, 3.63) is 65.7 Å². The first kappa shape index (κ1) is 22.7. The lowest BCUT2D eigenvalue weighted by Crippen LogP contribution is -2.24. The van der Waals surface area contributed by atoms with Gasteiger partial charge in [-0.25, -0.2) is 4.98 Å². The second-order valence-electron chi connectivity index (χ2n) is 9.78. The first-order chi connectivity index (χ1) is 16.7. The lowest BCUT2D eigenvalue weighted by atomic mass is 9.95. The highest BCUT2D eigenvalue weighted by atomic mass is 16.4. The van der Waals surface area contributed by atoms with Crippen molar-refractivity contribution in [1.29, 1.82) is 0 Å². The van der Waals surface area contributed by atoms with E-state index in [0.29, 0.717) is 24.1 Å². The molecule has 0 unspecified atom stereocenters. The molecular weight excluding hydrogens is 422 g/mol. The molecule has 0 bridgehead atoms. The number of hydrogen-bond acceptors (Lipinski definition) is 3. The molecule has 2 aromatic heterocycles. The minimum atomic E-state index is -0.150. The average Bonchev–Trinajstić information content (AvgIpc) is 3.53. The van der Waals surface area contributed by atoms with E-state index in [4.69, 9.17) is 9.40 Å². The third kappa shape index (κ3) is 5.03. The molecule has 0 spiro atoms. The van der Waals surface area contributed by atoms with Crippen LogP contribution in [0.2, 0.25) is 0 Å². The summed E-state index contributed by atoms with van der Waals surface area (Å²) in [5, 5.41) is 3.04. The molecule has 0 saturated heterocycles. The molecule has 1 amide bonds. The molecule has 0 aliphatic heterocycles. The van der Waals surface area contributed by atoms with E-state index in [1.807, 2.05) is 12.4 Å². The number of allylic oxidation sites excluding steroid dienone is 1. The van der Waals surface area contributed by atoms with Crippen LogP contribution in [0.5, 0.6) is 0 Å². The number of carbonyl (C=O) groups is 1. The molecule has 2 aliphatic rings. The molecule has 2 aliphatic carbocycles. The number of aryl methyl sites for hydroxylation is 1. The number of rotatable bonds is 7. The van der Waals surface area contributed by atoms with Crippen molar-refractivity contribution in [3.63, 3.8) is 0 Å². The Labute approximate surface area is 202 Å². The molecule has 1 N–H and O–H groups in total. The summed E-state index contributed by atoms with van der Waals surface area (Å²) in [6, 6.07) is 12.6. The Balaban J connectivity index is 1.38. The molecular formula is C29H35N3O2. The molecule has 5 rings (SSSR count). The van der Waals surface area contributed by atoms with E-state index >= 15 is 0 Å². The van der Waals surface area contributed by atoms with Crippen LogP contribution in [0.4, 0.5) is 0 Å². The second-order valence-corrected chi connectivity index (χ2v) is 9.78. The molecule has 1 aromatic carbocycles. The van der Waals surface area contributed by atoms with E-state index in [0.717, 1.165) is 42.6 Å². The summed E-state index contributed by atoms with van der Waals surface area (Å²) in [6.07, 6.45) is 16.2. The minimum Gasteiger partial charge on any atom is -0.449 e. The number of amides is 1. The third-order valence-corrected chi connectivity index (χ3v) is 7.27. The van der Waals surface area contributed by atoms with Crippen molar-refractivity contribution in [1.82, 2.24) is 14.9 Å². The summed E-state index contributed by atoms with van der Waals surface area (Å²) < 4.78 is 8.44. The van der Waals surface area contributed by atoms with Crippen LogP contribution in [0, 0.1) is 6.92 Å². The maximum absolute atomic E-state index is 12.8. The van der Waals surface area contributed by atoms with Gasteiger partial charge in [0.1, 0.15) is 5.69 Å².